The van der Waals surface area contributed by atoms with Crippen LogP contribution in [0.4, 0.5) is 0 Å². The van der Waals surface area contributed by atoms with Crippen molar-refractivity contribution in [2.24, 2.45) is 0 Å². The maximum atomic E-state index is 12.3. The molecule has 0 aliphatic heterocycles. The minimum atomic E-state index is 0.0426. The average Bonchev–Trinajstić information content (AvgIpc) is 2.96. The van der Waals surface area contributed by atoms with Crippen molar-refractivity contribution < 1.29 is 14.3 Å². The largest absolute Gasteiger partial charge is 0.493 e. The monoisotopic (exact) mass is 311 g/mol. The molecule has 0 fully saturated rings. The number of methoxy groups -OCH3 is 2. The highest BCUT2D eigenvalue weighted by Gasteiger charge is 2.26. The second-order valence-electron chi connectivity index (χ2n) is 5.73. The normalized spacial score (nSPS) is 15.8. The second kappa shape index (κ2) is 6.73. The third-order valence-electron chi connectivity index (χ3n) is 4.27. The predicted molar refractivity (Wildman–Crippen MR) is 88.9 cm³/mol. The zero-order valence-corrected chi connectivity index (χ0v) is 13.5. The molecule has 1 N–H and O–H groups in total. The Bertz CT molecular complexity index is 697. The van der Waals surface area contributed by atoms with Crippen molar-refractivity contribution in [3.8, 4) is 11.5 Å². The van der Waals surface area contributed by atoms with Crippen molar-refractivity contribution in [1.29, 1.82) is 0 Å². The third kappa shape index (κ3) is 3.31. The minimum Gasteiger partial charge on any atom is -0.493 e. The van der Waals surface area contributed by atoms with E-state index in [0.717, 1.165) is 29.7 Å². The van der Waals surface area contributed by atoms with Gasteiger partial charge in [0.15, 0.2) is 11.5 Å². The fourth-order valence-electron chi connectivity index (χ4n) is 3.11. The number of amides is 1. The summed E-state index contributed by atoms with van der Waals surface area (Å²) in [5, 5.41) is 3.14. The molecule has 4 nitrogen and oxygen atoms in total. The smallest absolute Gasteiger partial charge is 0.224 e. The molecular formula is C19H21NO3. The van der Waals surface area contributed by atoms with Gasteiger partial charge in [0.2, 0.25) is 5.91 Å². The average molecular weight is 311 g/mol. The Morgan fingerprint density at radius 1 is 1.13 bits per heavy atom. The van der Waals surface area contributed by atoms with Crippen LogP contribution in [-0.4, -0.2) is 20.1 Å². The molecule has 1 aliphatic carbocycles. The molecule has 1 atom stereocenters. The summed E-state index contributed by atoms with van der Waals surface area (Å²) in [5.41, 5.74) is 3.37. The third-order valence-corrected chi connectivity index (χ3v) is 4.27. The lowest BCUT2D eigenvalue weighted by Crippen LogP contribution is -2.28. The van der Waals surface area contributed by atoms with Crippen LogP contribution in [0.15, 0.2) is 42.5 Å². The molecule has 2 aromatic carbocycles. The summed E-state index contributed by atoms with van der Waals surface area (Å²) >= 11 is 0. The predicted octanol–water partition coefficient (Wildman–Crippen LogP) is 3.05. The van der Waals surface area contributed by atoms with Crippen molar-refractivity contribution in [3.63, 3.8) is 0 Å². The number of hydrogen-bond donors (Lipinski definition) is 1. The molecule has 0 radical (unpaired) electrons. The summed E-state index contributed by atoms with van der Waals surface area (Å²) in [7, 11) is 3.26. The number of aryl methyl sites for hydroxylation is 1. The van der Waals surface area contributed by atoms with Gasteiger partial charge in [-0.2, -0.15) is 0 Å². The van der Waals surface area contributed by atoms with Crippen molar-refractivity contribution in [2.75, 3.05) is 14.2 Å². The number of fused-ring (bicyclic) bond motifs is 1. The van der Waals surface area contributed by atoms with Crippen LogP contribution in [-0.2, 0) is 17.6 Å². The highest BCUT2D eigenvalue weighted by Crippen LogP contribution is 2.39. The maximum Gasteiger partial charge on any atom is 0.224 e. The summed E-state index contributed by atoms with van der Waals surface area (Å²) in [4.78, 5) is 12.3. The number of rotatable bonds is 5. The van der Waals surface area contributed by atoms with Crippen LogP contribution in [0.2, 0.25) is 0 Å². The summed E-state index contributed by atoms with van der Waals surface area (Å²) in [6.07, 6.45) is 2.25. The van der Waals surface area contributed by atoms with E-state index in [1.54, 1.807) is 14.2 Å². The molecule has 1 unspecified atom stereocenters. The van der Waals surface area contributed by atoms with Crippen LogP contribution < -0.4 is 14.8 Å². The Labute approximate surface area is 136 Å². The molecule has 23 heavy (non-hydrogen) atoms. The molecule has 0 bridgehead atoms. The molecular weight excluding hydrogens is 290 g/mol. The summed E-state index contributed by atoms with van der Waals surface area (Å²) in [6.45, 7) is 0. The highest BCUT2D eigenvalue weighted by atomic mass is 16.5. The molecule has 0 saturated carbocycles. The van der Waals surface area contributed by atoms with Crippen LogP contribution in [0.1, 0.15) is 29.2 Å². The van der Waals surface area contributed by atoms with Gasteiger partial charge in [0.1, 0.15) is 0 Å². The first-order valence-corrected chi connectivity index (χ1v) is 7.79. The quantitative estimate of drug-likeness (QED) is 0.923. The molecule has 2 aromatic rings. The first kappa shape index (κ1) is 15.4. The summed E-state index contributed by atoms with van der Waals surface area (Å²) < 4.78 is 10.7. The minimum absolute atomic E-state index is 0.0426. The van der Waals surface area contributed by atoms with Gasteiger partial charge in [-0.3, -0.25) is 4.79 Å². The van der Waals surface area contributed by atoms with Gasteiger partial charge in [-0.1, -0.05) is 30.3 Å². The first-order chi connectivity index (χ1) is 11.2. The Kier molecular flexibility index (Phi) is 4.51. The zero-order chi connectivity index (χ0) is 16.2. The highest BCUT2D eigenvalue weighted by molar-refractivity contribution is 5.79. The second-order valence-corrected chi connectivity index (χ2v) is 5.73. The topological polar surface area (TPSA) is 47.6 Å². The molecule has 1 aliphatic rings. The SMILES string of the molecule is COc1cc2c(cc1OC)C(NC(=O)Cc1ccccc1)CC2. The van der Waals surface area contributed by atoms with Crippen molar-refractivity contribution in [3.05, 3.63) is 59.2 Å². The van der Waals surface area contributed by atoms with E-state index in [2.05, 4.69) is 5.32 Å². The standard InChI is InChI=1S/C19H21NO3/c1-22-17-11-14-8-9-16(15(14)12-18(17)23-2)20-19(21)10-13-6-4-3-5-7-13/h3-7,11-12,16H,8-10H2,1-2H3,(H,20,21). The summed E-state index contributed by atoms with van der Waals surface area (Å²) in [5.74, 6) is 1.49. The summed E-state index contributed by atoms with van der Waals surface area (Å²) in [6, 6.07) is 13.8. The first-order valence-electron chi connectivity index (χ1n) is 7.79. The van der Waals surface area contributed by atoms with Gasteiger partial charge in [-0.25, -0.2) is 0 Å². The Hall–Kier alpha value is -2.49. The van der Waals surface area contributed by atoms with E-state index in [0.29, 0.717) is 12.2 Å². The van der Waals surface area contributed by atoms with Gasteiger partial charge in [-0.15, -0.1) is 0 Å². The van der Waals surface area contributed by atoms with E-state index < -0.39 is 0 Å². The molecule has 120 valence electrons. The zero-order valence-electron chi connectivity index (χ0n) is 13.5. The van der Waals surface area contributed by atoms with Gasteiger partial charge < -0.3 is 14.8 Å². The maximum absolute atomic E-state index is 12.3. The van der Waals surface area contributed by atoms with Crippen LogP contribution in [0.3, 0.4) is 0 Å². The molecule has 3 rings (SSSR count). The lowest BCUT2D eigenvalue weighted by atomic mass is 10.1. The van der Waals surface area contributed by atoms with Gasteiger partial charge in [0, 0.05) is 0 Å². The van der Waals surface area contributed by atoms with Crippen LogP contribution in [0.25, 0.3) is 0 Å². The Morgan fingerprint density at radius 3 is 2.52 bits per heavy atom. The number of carbonyl (C=O) groups is 1. The van der Waals surface area contributed by atoms with E-state index >= 15 is 0 Å². The van der Waals surface area contributed by atoms with Gasteiger partial charge in [-0.05, 0) is 41.7 Å². The lowest BCUT2D eigenvalue weighted by Gasteiger charge is -2.16. The molecule has 4 heteroatoms. The Balaban J connectivity index is 1.73. The van der Waals surface area contributed by atoms with E-state index in [1.165, 1.54) is 5.56 Å². The molecule has 0 aromatic heterocycles. The fraction of sp³-hybridized carbons (Fsp3) is 0.316. The van der Waals surface area contributed by atoms with Crippen molar-refractivity contribution in [2.45, 2.75) is 25.3 Å². The lowest BCUT2D eigenvalue weighted by molar-refractivity contribution is -0.121. The fourth-order valence-corrected chi connectivity index (χ4v) is 3.11. The number of hydrogen-bond acceptors (Lipinski definition) is 3. The van der Waals surface area contributed by atoms with E-state index in [-0.39, 0.29) is 11.9 Å². The van der Waals surface area contributed by atoms with Crippen molar-refractivity contribution in [1.82, 2.24) is 5.32 Å². The van der Waals surface area contributed by atoms with Crippen LogP contribution in [0.5, 0.6) is 11.5 Å². The molecule has 0 saturated heterocycles. The van der Waals surface area contributed by atoms with Crippen molar-refractivity contribution >= 4 is 5.91 Å². The molecule has 1 amide bonds. The van der Waals surface area contributed by atoms with Gasteiger partial charge in [0.25, 0.3) is 0 Å². The molecule has 0 heterocycles. The van der Waals surface area contributed by atoms with Gasteiger partial charge in [0.05, 0.1) is 26.7 Å². The van der Waals surface area contributed by atoms with Crippen LogP contribution in [0, 0.1) is 0 Å². The molecule has 0 spiro atoms. The number of benzene rings is 2. The number of carbonyl (C=O) groups excluding carboxylic acids is 1. The number of ether oxygens (including phenoxy) is 2. The van der Waals surface area contributed by atoms with E-state index in [9.17, 15) is 4.79 Å². The van der Waals surface area contributed by atoms with Crippen LogP contribution >= 0.6 is 0 Å². The Morgan fingerprint density at radius 2 is 1.83 bits per heavy atom. The number of nitrogens with one attached hydrogen (secondary N) is 1. The van der Waals surface area contributed by atoms with E-state index in [4.69, 9.17) is 9.47 Å². The van der Waals surface area contributed by atoms with Gasteiger partial charge >= 0.3 is 0 Å². The van der Waals surface area contributed by atoms with E-state index in [1.807, 2.05) is 42.5 Å².